The molecule has 185 valence electrons. The second-order valence-corrected chi connectivity index (χ2v) is 9.93. The summed E-state index contributed by atoms with van der Waals surface area (Å²) in [5.41, 5.74) is 5.22. The van der Waals surface area contributed by atoms with Gasteiger partial charge in [0.05, 0.1) is 11.6 Å². The standard InChI is InChI=1S/C28H32N7O/c1-19-5-2-3-6-23(19)24-7-4-8-25-27(24)32-33-35(25)26-13-16-29-28(31-26)30-20-9-11-21(12-10-20)34-17-14-22(36)15-18-34/h2-8,13,16,20,22,36H,9-12,14-15,17-18H2,1H3,(H,29,30,31). The van der Waals surface area contributed by atoms with Crippen LogP contribution in [0.25, 0.3) is 28.0 Å². The smallest absolute Gasteiger partial charge is 0.224 e. The summed E-state index contributed by atoms with van der Waals surface area (Å²) in [7, 11) is 0. The summed E-state index contributed by atoms with van der Waals surface area (Å²) in [6.45, 7) is 4.08. The van der Waals surface area contributed by atoms with Crippen molar-refractivity contribution >= 4 is 17.0 Å². The molecule has 0 amide bonds. The minimum atomic E-state index is -0.125. The van der Waals surface area contributed by atoms with E-state index >= 15 is 0 Å². The van der Waals surface area contributed by atoms with Crippen LogP contribution in [0.3, 0.4) is 0 Å². The zero-order chi connectivity index (χ0) is 24.5. The highest BCUT2D eigenvalue weighted by molar-refractivity contribution is 5.93. The summed E-state index contributed by atoms with van der Waals surface area (Å²) in [5, 5.41) is 22.3. The number of nitrogens with one attached hydrogen (secondary N) is 1. The first-order chi connectivity index (χ1) is 17.7. The molecule has 6 rings (SSSR count). The molecular weight excluding hydrogens is 450 g/mol. The summed E-state index contributed by atoms with van der Waals surface area (Å²) in [4.78, 5) is 11.8. The highest BCUT2D eigenvalue weighted by Crippen LogP contribution is 2.33. The largest absolute Gasteiger partial charge is 0.393 e. The number of hydrogen-bond acceptors (Lipinski definition) is 7. The summed E-state index contributed by atoms with van der Waals surface area (Å²) in [6.07, 6.45) is 7.72. The van der Waals surface area contributed by atoms with Gasteiger partial charge in [0.25, 0.3) is 0 Å². The Bertz CT molecular complexity index is 1340. The molecule has 3 heterocycles. The van der Waals surface area contributed by atoms with Gasteiger partial charge in [0.1, 0.15) is 5.52 Å². The van der Waals surface area contributed by atoms with Crippen LogP contribution >= 0.6 is 0 Å². The van der Waals surface area contributed by atoms with E-state index in [9.17, 15) is 5.11 Å². The maximum atomic E-state index is 9.79. The summed E-state index contributed by atoms with van der Waals surface area (Å²) < 4.78 is 1.79. The van der Waals surface area contributed by atoms with Crippen LogP contribution < -0.4 is 5.32 Å². The van der Waals surface area contributed by atoms with E-state index in [0.29, 0.717) is 17.8 Å². The molecule has 36 heavy (non-hydrogen) atoms. The molecule has 0 bridgehead atoms. The Labute approximate surface area is 211 Å². The molecule has 8 nitrogen and oxygen atoms in total. The number of rotatable bonds is 5. The lowest BCUT2D eigenvalue weighted by molar-refractivity contribution is 0.0780. The van der Waals surface area contributed by atoms with Crippen LogP contribution in [0.1, 0.15) is 44.1 Å². The molecule has 2 fully saturated rings. The van der Waals surface area contributed by atoms with Gasteiger partial charge in [-0.15, -0.1) is 5.10 Å². The van der Waals surface area contributed by atoms with Gasteiger partial charge in [-0.3, -0.25) is 4.90 Å². The molecule has 2 N–H and O–H groups in total. The van der Waals surface area contributed by atoms with Crippen LogP contribution in [-0.4, -0.2) is 60.2 Å². The second-order valence-electron chi connectivity index (χ2n) is 9.93. The van der Waals surface area contributed by atoms with Crippen molar-refractivity contribution in [3.8, 4) is 16.9 Å². The third-order valence-electron chi connectivity index (χ3n) is 7.58. The Morgan fingerprint density at radius 1 is 0.917 bits per heavy atom. The van der Waals surface area contributed by atoms with E-state index in [4.69, 9.17) is 4.98 Å². The molecule has 0 spiro atoms. The first-order valence-corrected chi connectivity index (χ1v) is 12.9. The molecule has 0 unspecified atom stereocenters. The molecule has 1 aliphatic carbocycles. The number of piperidine rings is 1. The van der Waals surface area contributed by atoms with Crippen molar-refractivity contribution in [1.29, 1.82) is 0 Å². The molecule has 1 radical (unpaired) electrons. The highest BCUT2D eigenvalue weighted by atomic mass is 16.3. The van der Waals surface area contributed by atoms with Crippen molar-refractivity contribution in [2.24, 2.45) is 0 Å². The average molecular weight is 483 g/mol. The fourth-order valence-corrected chi connectivity index (χ4v) is 5.52. The van der Waals surface area contributed by atoms with Gasteiger partial charge in [-0.25, -0.2) is 4.98 Å². The Hall–Kier alpha value is -3.36. The summed E-state index contributed by atoms with van der Waals surface area (Å²) >= 11 is 0. The van der Waals surface area contributed by atoms with Gasteiger partial charge in [-0.2, -0.15) is 9.67 Å². The minimum Gasteiger partial charge on any atom is -0.393 e. The molecule has 2 aliphatic rings. The van der Waals surface area contributed by atoms with Crippen molar-refractivity contribution in [3.05, 3.63) is 66.3 Å². The van der Waals surface area contributed by atoms with E-state index in [1.807, 2.05) is 18.2 Å². The van der Waals surface area contributed by atoms with Gasteiger partial charge in [-0.05, 0) is 62.6 Å². The predicted octanol–water partition coefficient (Wildman–Crippen LogP) is 4.53. The van der Waals surface area contributed by atoms with E-state index in [1.165, 1.54) is 11.6 Å². The Kier molecular flexibility index (Phi) is 6.37. The molecule has 0 atom stereocenters. The average Bonchev–Trinajstić information content (AvgIpc) is 3.35. The number of fused-ring (bicyclic) bond motifs is 1. The number of nitrogens with zero attached hydrogens (tertiary/aromatic N) is 6. The molecule has 2 aromatic heterocycles. The number of aromatic nitrogens is 5. The monoisotopic (exact) mass is 482 g/mol. The van der Waals surface area contributed by atoms with Crippen LogP contribution in [0.5, 0.6) is 0 Å². The lowest BCUT2D eigenvalue weighted by Crippen LogP contribution is -2.41. The van der Waals surface area contributed by atoms with Gasteiger partial charge >= 0.3 is 0 Å². The van der Waals surface area contributed by atoms with Crippen molar-refractivity contribution < 1.29 is 5.11 Å². The van der Waals surface area contributed by atoms with Crippen molar-refractivity contribution in [1.82, 2.24) is 29.9 Å². The van der Waals surface area contributed by atoms with Crippen molar-refractivity contribution in [3.63, 3.8) is 0 Å². The number of aryl methyl sites for hydroxylation is 1. The Morgan fingerprint density at radius 3 is 2.50 bits per heavy atom. The Morgan fingerprint density at radius 2 is 1.69 bits per heavy atom. The molecule has 4 aromatic rings. The SMILES string of the molecule is Cc1ccccc1-c1cccc2c1nnn2-c1ccnc(NC2CC[C](N3CCC(O)CC3)CC2)n1. The molecule has 1 saturated carbocycles. The first-order valence-electron chi connectivity index (χ1n) is 12.9. The number of anilines is 1. The third kappa shape index (κ3) is 4.58. The quantitative estimate of drug-likeness (QED) is 0.432. The van der Waals surface area contributed by atoms with E-state index in [-0.39, 0.29) is 6.10 Å². The van der Waals surface area contributed by atoms with Crippen LogP contribution in [0, 0.1) is 13.0 Å². The predicted molar refractivity (Wildman–Crippen MR) is 141 cm³/mol. The van der Waals surface area contributed by atoms with Gasteiger partial charge < -0.3 is 10.4 Å². The van der Waals surface area contributed by atoms with Gasteiger partial charge in [0, 0.05) is 43.0 Å². The number of hydrogen-bond donors (Lipinski definition) is 2. The zero-order valence-corrected chi connectivity index (χ0v) is 20.6. The van der Waals surface area contributed by atoms with Crippen LogP contribution in [0.4, 0.5) is 5.95 Å². The summed E-state index contributed by atoms with van der Waals surface area (Å²) in [5.74, 6) is 1.33. The fraction of sp³-hybridized carbons (Fsp3) is 0.393. The third-order valence-corrected chi connectivity index (χ3v) is 7.58. The zero-order valence-electron chi connectivity index (χ0n) is 20.6. The Balaban J connectivity index is 1.17. The normalized spacial score (nSPS) is 18.6. The van der Waals surface area contributed by atoms with Crippen LogP contribution in [-0.2, 0) is 0 Å². The number of likely N-dealkylation sites (tertiary alicyclic amines) is 1. The highest BCUT2D eigenvalue weighted by Gasteiger charge is 2.29. The van der Waals surface area contributed by atoms with Crippen molar-refractivity contribution in [2.75, 3.05) is 18.4 Å². The van der Waals surface area contributed by atoms with Crippen LogP contribution in [0.15, 0.2) is 54.7 Å². The van der Waals surface area contributed by atoms with Gasteiger partial charge in [-0.1, -0.05) is 41.6 Å². The van der Waals surface area contributed by atoms with Crippen molar-refractivity contribution in [2.45, 2.75) is 57.6 Å². The number of aliphatic hydroxyl groups excluding tert-OH is 1. The van der Waals surface area contributed by atoms with Gasteiger partial charge in [0.2, 0.25) is 5.95 Å². The summed E-state index contributed by atoms with van der Waals surface area (Å²) in [6, 6.07) is 18.3. The number of benzene rings is 2. The topological polar surface area (TPSA) is 92.0 Å². The van der Waals surface area contributed by atoms with Gasteiger partial charge in [0.15, 0.2) is 5.82 Å². The lowest BCUT2D eigenvalue weighted by atomic mass is 9.89. The molecular formula is C28H32N7O. The lowest BCUT2D eigenvalue weighted by Gasteiger charge is -2.39. The van der Waals surface area contributed by atoms with E-state index in [0.717, 1.165) is 73.8 Å². The van der Waals surface area contributed by atoms with E-state index in [1.54, 1.807) is 10.9 Å². The maximum absolute atomic E-state index is 9.79. The molecule has 1 saturated heterocycles. The van der Waals surface area contributed by atoms with E-state index < -0.39 is 0 Å². The molecule has 8 heteroatoms. The van der Waals surface area contributed by atoms with E-state index in [2.05, 4.69) is 62.8 Å². The second kappa shape index (κ2) is 9.95. The van der Waals surface area contributed by atoms with Crippen LogP contribution in [0.2, 0.25) is 0 Å². The first kappa shape index (κ1) is 23.1. The minimum absolute atomic E-state index is 0.125. The maximum Gasteiger partial charge on any atom is 0.224 e. The fourth-order valence-electron chi connectivity index (χ4n) is 5.52. The number of aliphatic hydroxyl groups is 1. The molecule has 2 aromatic carbocycles. The molecule has 1 aliphatic heterocycles.